The van der Waals surface area contributed by atoms with Crippen LogP contribution in [-0.4, -0.2) is 29.1 Å². The molecular weight excluding hydrogens is 360 g/mol. The van der Waals surface area contributed by atoms with E-state index >= 15 is 0 Å². The molecule has 1 heterocycles. The maximum absolute atomic E-state index is 12.0. The molecule has 146 valence electrons. The first-order valence-electron chi connectivity index (χ1n) is 9.10. The van der Waals surface area contributed by atoms with Crippen molar-refractivity contribution in [2.75, 3.05) is 6.61 Å². The van der Waals surface area contributed by atoms with Crippen molar-refractivity contribution in [1.29, 1.82) is 0 Å². The number of para-hydroxylation sites is 2. The number of benzene rings is 2. The van der Waals surface area contributed by atoms with Crippen LogP contribution in [0.3, 0.4) is 0 Å². The number of fused-ring (bicyclic) bond motifs is 1. The van der Waals surface area contributed by atoms with E-state index in [0.717, 1.165) is 12.8 Å². The molecule has 1 amide bonds. The lowest BCUT2D eigenvalue weighted by atomic mass is 10.1. The minimum Gasteiger partial charge on any atom is -0.454 e. The van der Waals surface area contributed by atoms with E-state index in [9.17, 15) is 14.4 Å². The molecule has 7 nitrogen and oxygen atoms in total. The van der Waals surface area contributed by atoms with Gasteiger partial charge in [-0.05, 0) is 37.5 Å². The Morgan fingerprint density at radius 1 is 1.11 bits per heavy atom. The number of carbonyl (C=O) groups is 2. The Bertz CT molecular complexity index is 1010. The average Bonchev–Trinajstić information content (AvgIpc) is 3.01. The van der Waals surface area contributed by atoms with E-state index in [-0.39, 0.29) is 25.1 Å². The zero-order valence-electron chi connectivity index (χ0n) is 15.6. The molecule has 3 rings (SSSR count). The molecule has 1 atom stereocenters. The van der Waals surface area contributed by atoms with Crippen LogP contribution >= 0.6 is 0 Å². The second-order valence-electron chi connectivity index (χ2n) is 6.58. The lowest BCUT2D eigenvalue weighted by molar-refractivity contribution is -0.149. The Hall–Kier alpha value is -3.35. The van der Waals surface area contributed by atoms with E-state index < -0.39 is 11.7 Å². The van der Waals surface area contributed by atoms with Crippen molar-refractivity contribution in [3.05, 3.63) is 70.7 Å². The summed E-state index contributed by atoms with van der Waals surface area (Å²) in [4.78, 5) is 35.8. The van der Waals surface area contributed by atoms with Crippen molar-refractivity contribution in [3.63, 3.8) is 0 Å². The van der Waals surface area contributed by atoms with Crippen molar-refractivity contribution in [2.24, 2.45) is 0 Å². The molecule has 2 aromatic carbocycles. The van der Waals surface area contributed by atoms with Gasteiger partial charge in [0.1, 0.15) is 6.54 Å². The van der Waals surface area contributed by atoms with Gasteiger partial charge in [-0.3, -0.25) is 14.2 Å². The normalized spacial score (nSPS) is 11.9. The van der Waals surface area contributed by atoms with Crippen LogP contribution in [0.5, 0.6) is 0 Å². The fourth-order valence-electron chi connectivity index (χ4n) is 2.90. The molecule has 0 aliphatic heterocycles. The molecule has 7 heteroatoms. The summed E-state index contributed by atoms with van der Waals surface area (Å²) < 4.78 is 11.2. The smallest absolute Gasteiger partial charge is 0.420 e. The summed E-state index contributed by atoms with van der Waals surface area (Å²) in [7, 11) is 0. The minimum atomic E-state index is -0.680. The van der Waals surface area contributed by atoms with Crippen molar-refractivity contribution in [3.8, 4) is 0 Å². The third kappa shape index (κ3) is 5.09. The SMILES string of the molecule is C[C@@H](CCc1ccccc1)NC(=O)COC(=O)Cn1c(=O)oc2ccccc21. The Labute approximate surface area is 161 Å². The first-order valence-corrected chi connectivity index (χ1v) is 9.10. The van der Waals surface area contributed by atoms with E-state index in [0.29, 0.717) is 11.1 Å². The zero-order valence-corrected chi connectivity index (χ0v) is 15.6. The molecule has 0 unspecified atom stereocenters. The summed E-state index contributed by atoms with van der Waals surface area (Å²) in [6, 6.07) is 16.7. The van der Waals surface area contributed by atoms with Gasteiger partial charge in [-0.2, -0.15) is 0 Å². The van der Waals surface area contributed by atoms with Crippen molar-refractivity contribution in [1.82, 2.24) is 9.88 Å². The monoisotopic (exact) mass is 382 g/mol. The number of hydrogen-bond acceptors (Lipinski definition) is 5. The molecular formula is C21H22N2O5. The Morgan fingerprint density at radius 3 is 2.61 bits per heavy atom. The van der Waals surface area contributed by atoms with Crippen LogP contribution in [0.15, 0.2) is 63.8 Å². The van der Waals surface area contributed by atoms with Crippen molar-refractivity contribution >= 4 is 23.0 Å². The van der Waals surface area contributed by atoms with Crippen molar-refractivity contribution in [2.45, 2.75) is 32.4 Å². The molecule has 3 aromatic rings. The number of amides is 1. The summed E-state index contributed by atoms with van der Waals surface area (Å²) in [6.45, 7) is 1.20. The van der Waals surface area contributed by atoms with E-state index in [1.807, 2.05) is 37.3 Å². The number of oxazole rings is 1. The van der Waals surface area contributed by atoms with Crippen LogP contribution < -0.4 is 11.1 Å². The highest BCUT2D eigenvalue weighted by molar-refractivity contribution is 5.81. The molecule has 0 aliphatic carbocycles. The molecule has 0 spiro atoms. The van der Waals surface area contributed by atoms with Crippen molar-refractivity contribution < 1.29 is 18.7 Å². The zero-order chi connectivity index (χ0) is 19.9. The van der Waals surface area contributed by atoms with E-state index in [4.69, 9.17) is 9.15 Å². The highest BCUT2D eigenvalue weighted by atomic mass is 16.5. The van der Waals surface area contributed by atoms with E-state index in [2.05, 4.69) is 5.32 Å². The highest BCUT2D eigenvalue weighted by Gasteiger charge is 2.15. The standard InChI is InChI=1S/C21H22N2O5/c1-15(11-12-16-7-3-2-4-8-16)22-19(24)14-27-20(25)13-23-17-9-5-6-10-18(17)28-21(23)26/h2-10,15H,11-14H2,1H3,(H,22,24)/t15-/m0/s1. The third-order valence-electron chi connectivity index (χ3n) is 4.34. The number of aryl methyl sites for hydroxylation is 1. The number of carbonyl (C=O) groups excluding carboxylic acids is 2. The van der Waals surface area contributed by atoms with Gasteiger partial charge in [0.2, 0.25) is 0 Å². The summed E-state index contributed by atoms with van der Waals surface area (Å²) in [5, 5.41) is 2.80. The summed E-state index contributed by atoms with van der Waals surface area (Å²) in [5.74, 6) is -1.70. The molecule has 0 aliphatic rings. The lowest BCUT2D eigenvalue weighted by Crippen LogP contribution is -2.36. The van der Waals surface area contributed by atoms with E-state index in [1.165, 1.54) is 10.1 Å². The van der Waals surface area contributed by atoms with Gasteiger partial charge in [-0.1, -0.05) is 42.5 Å². The Morgan fingerprint density at radius 2 is 1.82 bits per heavy atom. The Kier molecular flexibility index (Phi) is 6.26. The van der Waals surface area contributed by atoms with Gasteiger partial charge in [0.15, 0.2) is 12.2 Å². The summed E-state index contributed by atoms with van der Waals surface area (Å²) in [5.41, 5.74) is 2.10. The molecule has 0 saturated carbocycles. The fourth-order valence-corrected chi connectivity index (χ4v) is 2.90. The quantitative estimate of drug-likeness (QED) is 0.604. The van der Waals surface area contributed by atoms with Crippen LogP contribution in [-0.2, 0) is 27.3 Å². The highest BCUT2D eigenvalue weighted by Crippen LogP contribution is 2.11. The fraction of sp³-hybridized carbons (Fsp3) is 0.286. The molecule has 0 bridgehead atoms. The first-order chi connectivity index (χ1) is 13.5. The molecule has 28 heavy (non-hydrogen) atoms. The number of nitrogens with one attached hydrogen (secondary N) is 1. The van der Waals surface area contributed by atoms with Crippen LogP contribution in [0.25, 0.3) is 11.1 Å². The van der Waals surface area contributed by atoms with Crippen LogP contribution in [0, 0.1) is 0 Å². The topological polar surface area (TPSA) is 90.5 Å². The van der Waals surface area contributed by atoms with Crippen LogP contribution in [0.4, 0.5) is 0 Å². The number of esters is 1. The largest absolute Gasteiger partial charge is 0.454 e. The summed E-state index contributed by atoms with van der Waals surface area (Å²) >= 11 is 0. The molecule has 0 radical (unpaired) electrons. The van der Waals surface area contributed by atoms with E-state index in [1.54, 1.807) is 24.3 Å². The van der Waals surface area contributed by atoms with Gasteiger partial charge in [-0.15, -0.1) is 0 Å². The molecule has 0 saturated heterocycles. The predicted octanol–water partition coefficient (Wildman–Crippen LogP) is 2.28. The minimum absolute atomic E-state index is 0.0492. The second kappa shape index (κ2) is 9.03. The summed E-state index contributed by atoms with van der Waals surface area (Å²) in [6.07, 6.45) is 1.62. The van der Waals surface area contributed by atoms with Gasteiger partial charge < -0.3 is 14.5 Å². The third-order valence-corrected chi connectivity index (χ3v) is 4.34. The van der Waals surface area contributed by atoms with Gasteiger partial charge in [-0.25, -0.2) is 4.79 Å². The lowest BCUT2D eigenvalue weighted by Gasteiger charge is -2.14. The second-order valence-corrected chi connectivity index (χ2v) is 6.58. The Balaban J connectivity index is 1.44. The van der Waals surface area contributed by atoms with Gasteiger partial charge in [0, 0.05) is 6.04 Å². The number of aromatic nitrogens is 1. The molecule has 0 fully saturated rings. The number of ether oxygens (including phenoxy) is 1. The number of nitrogens with zero attached hydrogens (tertiary/aromatic N) is 1. The average molecular weight is 382 g/mol. The number of hydrogen-bond donors (Lipinski definition) is 1. The van der Waals surface area contributed by atoms with Gasteiger partial charge in [0.25, 0.3) is 5.91 Å². The maximum atomic E-state index is 12.0. The van der Waals surface area contributed by atoms with Crippen LogP contribution in [0.1, 0.15) is 18.9 Å². The predicted molar refractivity (Wildman–Crippen MR) is 104 cm³/mol. The molecule has 1 N–H and O–H groups in total. The molecule has 1 aromatic heterocycles. The maximum Gasteiger partial charge on any atom is 0.420 e. The van der Waals surface area contributed by atoms with Crippen LogP contribution in [0.2, 0.25) is 0 Å². The first kappa shape index (κ1) is 19.4. The number of rotatable bonds is 8. The van der Waals surface area contributed by atoms with Gasteiger partial charge >= 0.3 is 11.7 Å². The van der Waals surface area contributed by atoms with Gasteiger partial charge in [0.05, 0.1) is 5.52 Å².